The Balaban J connectivity index is 1.30. The molecule has 1 N–H and O–H groups in total. The molecular formula is C23H21F3N6O4. The molecule has 5 rings (SSSR count). The molecule has 3 aromatic rings. The molecule has 0 spiro atoms. The highest BCUT2D eigenvalue weighted by Gasteiger charge is 2.32. The second-order valence-corrected chi connectivity index (χ2v) is 8.31. The summed E-state index contributed by atoms with van der Waals surface area (Å²) in [5.74, 6) is 1.37. The number of hydrogen-bond acceptors (Lipinski definition) is 9. The fourth-order valence-corrected chi connectivity index (χ4v) is 4.19. The minimum Gasteiger partial charge on any atom is -0.454 e. The van der Waals surface area contributed by atoms with Crippen LogP contribution in [0.4, 0.5) is 36.2 Å². The summed E-state index contributed by atoms with van der Waals surface area (Å²) in [6.07, 6.45) is -3.38. The van der Waals surface area contributed by atoms with E-state index >= 15 is 0 Å². The van der Waals surface area contributed by atoms with E-state index in [1.54, 1.807) is 4.90 Å². The van der Waals surface area contributed by atoms with Crippen LogP contribution in [0.5, 0.6) is 11.5 Å². The molecule has 0 amide bonds. The van der Waals surface area contributed by atoms with Crippen molar-refractivity contribution in [3.63, 3.8) is 0 Å². The van der Waals surface area contributed by atoms with Gasteiger partial charge < -0.3 is 19.7 Å². The van der Waals surface area contributed by atoms with Crippen LogP contribution in [0.1, 0.15) is 11.1 Å². The van der Waals surface area contributed by atoms with Crippen molar-refractivity contribution >= 4 is 23.0 Å². The maximum atomic E-state index is 13.1. The Morgan fingerprint density at radius 2 is 1.81 bits per heavy atom. The molecule has 0 saturated carbocycles. The van der Waals surface area contributed by atoms with E-state index in [-0.39, 0.29) is 29.8 Å². The monoisotopic (exact) mass is 502 g/mol. The smallest absolute Gasteiger partial charge is 0.416 e. The van der Waals surface area contributed by atoms with E-state index in [0.29, 0.717) is 44.2 Å². The number of ether oxygens (including phenoxy) is 2. The molecule has 2 aromatic carbocycles. The van der Waals surface area contributed by atoms with Gasteiger partial charge in [0.1, 0.15) is 6.33 Å². The number of nitrogens with zero attached hydrogens (tertiary/aromatic N) is 5. The Kier molecular flexibility index (Phi) is 6.22. The highest BCUT2D eigenvalue weighted by atomic mass is 19.4. The predicted octanol–water partition coefficient (Wildman–Crippen LogP) is 4.20. The van der Waals surface area contributed by atoms with Crippen LogP contribution in [-0.4, -0.2) is 52.8 Å². The summed E-state index contributed by atoms with van der Waals surface area (Å²) in [7, 11) is 0. The summed E-state index contributed by atoms with van der Waals surface area (Å²) in [5.41, 5.74) is -0.165. The van der Waals surface area contributed by atoms with Crippen molar-refractivity contribution in [2.24, 2.45) is 0 Å². The van der Waals surface area contributed by atoms with Crippen LogP contribution in [0.3, 0.4) is 0 Å². The molecule has 0 radical (unpaired) electrons. The van der Waals surface area contributed by atoms with E-state index in [4.69, 9.17) is 9.47 Å². The van der Waals surface area contributed by atoms with Gasteiger partial charge in [-0.15, -0.1) is 0 Å². The van der Waals surface area contributed by atoms with Crippen LogP contribution < -0.4 is 19.7 Å². The molecule has 1 fully saturated rings. The Bertz CT molecular complexity index is 1280. The number of fused-ring (bicyclic) bond motifs is 1. The third-order valence-corrected chi connectivity index (χ3v) is 5.95. The van der Waals surface area contributed by atoms with Crippen molar-refractivity contribution in [2.75, 3.05) is 43.2 Å². The Labute approximate surface area is 203 Å². The SMILES string of the molecule is O=[N+]([O-])c1c(Nc2cccc(C(F)(F)F)c2)ncnc1N1CCN(Cc2ccc3c(c2)OCO3)CC1. The lowest BCUT2D eigenvalue weighted by atomic mass is 10.1. The van der Waals surface area contributed by atoms with E-state index in [0.717, 1.165) is 24.0 Å². The second kappa shape index (κ2) is 9.49. The largest absolute Gasteiger partial charge is 0.454 e. The topological polar surface area (TPSA) is 106 Å². The zero-order valence-corrected chi connectivity index (χ0v) is 18.9. The highest BCUT2D eigenvalue weighted by molar-refractivity contribution is 5.74. The molecule has 188 valence electrons. The van der Waals surface area contributed by atoms with Crippen LogP contribution in [0.2, 0.25) is 0 Å². The van der Waals surface area contributed by atoms with Gasteiger partial charge in [0.2, 0.25) is 18.4 Å². The first-order chi connectivity index (χ1) is 17.3. The zero-order valence-electron chi connectivity index (χ0n) is 18.9. The minimum atomic E-state index is -4.54. The number of alkyl halides is 3. The van der Waals surface area contributed by atoms with Crippen LogP contribution in [0, 0.1) is 10.1 Å². The van der Waals surface area contributed by atoms with E-state index in [1.807, 2.05) is 18.2 Å². The molecule has 3 heterocycles. The number of aromatic nitrogens is 2. The van der Waals surface area contributed by atoms with Crippen molar-refractivity contribution in [1.29, 1.82) is 0 Å². The Morgan fingerprint density at radius 3 is 2.56 bits per heavy atom. The van der Waals surface area contributed by atoms with Crippen molar-refractivity contribution < 1.29 is 27.6 Å². The summed E-state index contributed by atoms with van der Waals surface area (Å²) < 4.78 is 50.0. The number of anilines is 3. The number of nitrogens with one attached hydrogen (secondary N) is 1. The first-order valence-corrected chi connectivity index (χ1v) is 11.1. The van der Waals surface area contributed by atoms with Crippen LogP contribution in [-0.2, 0) is 12.7 Å². The van der Waals surface area contributed by atoms with Crippen molar-refractivity contribution in [2.45, 2.75) is 12.7 Å². The summed E-state index contributed by atoms with van der Waals surface area (Å²) in [6, 6.07) is 10.2. The van der Waals surface area contributed by atoms with Gasteiger partial charge in [0.15, 0.2) is 11.5 Å². The van der Waals surface area contributed by atoms with Gasteiger partial charge in [0.05, 0.1) is 10.5 Å². The molecule has 13 heteroatoms. The van der Waals surface area contributed by atoms with Gasteiger partial charge in [-0.05, 0) is 35.9 Å². The van der Waals surface area contributed by atoms with Crippen LogP contribution >= 0.6 is 0 Å². The van der Waals surface area contributed by atoms with E-state index < -0.39 is 16.7 Å². The van der Waals surface area contributed by atoms with Gasteiger partial charge in [-0.1, -0.05) is 12.1 Å². The molecule has 1 saturated heterocycles. The molecule has 0 unspecified atom stereocenters. The Morgan fingerprint density at radius 1 is 1.03 bits per heavy atom. The van der Waals surface area contributed by atoms with Gasteiger partial charge in [-0.3, -0.25) is 15.0 Å². The number of benzene rings is 2. The third-order valence-electron chi connectivity index (χ3n) is 5.95. The first-order valence-electron chi connectivity index (χ1n) is 11.1. The van der Waals surface area contributed by atoms with Gasteiger partial charge in [-0.25, -0.2) is 9.97 Å². The summed E-state index contributed by atoms with van der Waals surface area (Å²) in [5, 5.41) is 14.6. The summed E-state index contributed by atoms with van der Waals surface area (Å²) >= 11 is 0. The molecule has 1 aromatic heterocycles. The van der Waals surface area contributed by atoms with E-state index in [2.05, 4.69) is 20.2 Å². The molecule has 0 atom stereocenters. The minimum absolute atomic E-state index is 0.0334. The Hall–Kier alpha value is -4.13. The number of halogens is 3. The lowest BCUT2D eigenvalue weighted by Crippen LogP contribution is -2.46. The summed E-state index contributed by atoms with van der Waals surface area (Å²) in [4.78, 5) is 23.4. The number of piperazine rings is 1. The van der Waals surface area contributed by atoms with Gasteiger partial charge >= 0.3 is 11.9 Å². The number of nitro groups is 1. The molecular weight excluding hydrogens is 481 g/mol. The molecule has 36 heavy (non-hydrogen) atoms. The zero-order chi connectivity index (χ0) is 25.3. The first kappa shape index (κ1) is 23.6. The van der Waals surface area contributed by atoms with Gasteiger partial charge in [0.25, 0.3) is 0 Å². The average Bonchev–Trinajstić information content (AvgIpc) is 3.32. The number of hydrogen-bond donors (Lipinski definition) is 1. The van der Waals surface area contributed by atoms with Gasteiger partial charge in [-0.2, -0.15) is 13.2 Å². The van der Waals surface area contributed by atoms with Gasteiger partial charge in [0, 0.05) is 38.4 Å². The third kappa shape index (κ3) is 4.96. The van der Waals surface area contributed by atoms with Crippen molar-refractivity contribution in [3.05, 3.63) is 70.0 Å². The lowest BCUT2D eigenvalue weighted by molar-refractivity contribution is -0.383. The van der Waals surface area contributed by atoms with E-state index in [9.17, 15) is 23.3 Å². The van der Waals surface area contributed by atoms with Crippen LogP contribution in [0.15, 0.2) is 48.8 Å². The molecule has 0 bridgehead atoms. The van der Waals surface area contributed by atoms with Crippen molar-refractivity contribution in [1.82, 2.24) is 14.9 Å². The average molecular weight is 502 g/mol. The van der Waals surface area contributed by atoms with E-state index in [1.165, 1.54) is 12.1 Å². The molecule has 2 aliphatic rings. The second-order valence-electron chi connectivity index (χ2n) is 8.31. The fourth-order valence-electron chi connectivity index (χ4n) is 4.19. The molecule has 0 aliphatic carbocycles. The van der Waals surface area contributed by atoms with Crippen LogP contribution in [0.25, 0.3) is 0 Å². The normalized spacial score (nSPS) is 15.7. The molecule has 2 aliphatic heterocycles. The number of rotatable bonds is 6. The standard InChI is InChI=1S/C23H21F3N6O4/c24-23(25,26)16-2-1-3-17(11-16)29-21-20(32(33)34)22(28-13-27-21)31-8-6-30(7-9-31)12-15-4-5-18-19(10-15)36-14-35-18/h1-5,10-11,13H,6-9,12,14H2,(H,27,28,29). The lowest BCUT2D eigenvalue weighted by Gasteiger charge is -2.35. The maximum absolute atomic E-state index is 13.1. The molecule has 10 nitrogen and oxygen atoms in total. The fraction of sp³-hybridized carbons (Fsp3) is 0.304. The quantitative estimate of drug-likeness (QED) is 0.392. The maximum Gasteiger partial charge on any atom is 0.416 e. The van der Waals surface area contributed by atoms with Crippen molar-refractivity contribution in [3.8, 4) is 11.5 Å². The predicted molar refractivity (Wildman–Crippen MR) is 123 cm³/mol. The highest BCUT2D eigenvalue weighted by Crippen LogP contribution is 2.36. The summed E-state index contributed by atoms with van der Waals surface area (Å²) in [6.45, 7) is 3.10.